The molecule has 0 spiro atoms. The minimum Gasteiger partial charge on any atom is -0.508 e. The highest BCUT2D eigenvalue weighted by atomic mass is 16.6. The van der Waals surface area contributed by atoms with E-state index >= 15 is 0 Å². The van der Waals surface area contributed by atoms with Crippen molar-refractivity contribution in [3.8, 4) is 11.5 Å². The number of rotatable bonds is 10. The molecule has 0 heterocycles. The van der Waals surface area contributed by atoms with Crippen molar-refractivity contribution in [2.75, 3.05) is 6.54 Å². The number of phenols is 2. The molecule has 9 heteroatoms. The number of carbonyl (C=O) groups excluding carboxylic acids is 3. The highest BCUT2D eigenvalue weighted by molar-refractivity contribution is 5.92. The van der Waals surface area contributed by atoms with Crippen LogP contribution in [0.2, 0.25) is 0 Å². The van der Waals surface area contributed by atoms with Crippen LogP contribution in [0.3, 0.4) is 0 Å². The lowest BCUT2D eigenvalue weighted by Gasteiger charge is -2.34. The van der Waals surface area contributed by atoms with Gasteiger partial charge in [0, 0.05) is 25.1 Å². The Bertz CT molecular complexity index is 1340. The summed E-state index contributed by atoms with van der Waals surface area (Å²) in [6.45, 7) is 8.93. The third kappa shape index (κ3) is 8.73. The second-order valence-electron chi connectivity index (χ2n) is 10.8. The van der Waals surface area contributed by atoms with Gasteiger partial charge in [-0.15, -0.1) is 0 Å². The molecule has 0 aliphatic rings. The van der Waals surface area contributed by atoms with Gasteiger partial charge in [0.15, 0.2) is 0 Å². The molecule has 3 rings (SSSR count). The number of hydrogen-bond donors (Lipinski definition) is 4. The summed E-state index contributed by atoms with van der Waals surface area (Å²) in [5.41, 5.74) is 1.58. The number of benzene rings is 3. The molecule has 0 aromatic heterocycles. The summed E-state index contributed by atoms with van der Waals surface area (Å²) in [6.07, 6.45) is -0.707. The Balaban J connectivity index is 1.99. The molecule has 0 fully saturated rings. The number of para-hydroxylation sites is 1. The number of phenolic OH excluding ortho intramolecular Hbond substituents is 2. The van der Waals surface area contributed by atoms with E-state index in [0.29, 0.717) is 11.1 Å². The van der Waals surface area contributed by atoms with Gasteiger partial charge < -0.3 is 30.5 Å². The average Bonchev–Trinajstić information content (AvgIpc) is 2.92. The highest BCUT2D eigenvalue weighted by Crippen LogP contribution is 2.32. The summed E-state index contributed by atoms with van der Waals surface area (Å²) >= 11 is 0. The third-order valence-corrected chi connectivity index (χ3v) is 6.42. The van der Waals surface area contributed by atoms with Gasteiger partial charge in [-0.05, 0) is 63.4 Å². The van der Waals surface area contributed by atoms with Crippen LogP contribution in [0.4, 0.5) is 4.79 Å². The van der Waals surface area contributed by atoms with Crippen molar-refractivity contribution >= 4 is 17.9 Å². The molecule has 9 nitrogen and oxygen atoms in total. The van der Waals surface area contributed by atoms with Gasteiger partial charge in [0.25, 0.3) is 0 Å². The lowest BCUT2D eigenvalue weighted by molar-refractivity contribution is -0.142. The van der Waals surface area contributed by atoms with Crippen molar-refractivity contribution < 1.29 is 29.3 Å². The first kappa shape index (κ1) is 31.0. The number of hydrogen-bond acceptors (Lipinski definition) is 6. The minimum atomic E-state index is -1.18. The Kier molecular flexibility index (Phi) is 10.4. The van der Waals surface area contributed by atoms with Crippen LogP contribution in [-0.2, 0) is 27.3 Å². The van der Waals surface area contributed by atoms with Crippen molar-refractivity contribution in [3.63, 3.8) is 0 Å². The maximum Gasteiger partial charge on any atom is 0.408 e. The second kappa shape index (κ2) is 13.7. The molecule has 0 bridgehead atoms. The summed E-state index contributed by atoms with van der Waals surface area (Å²) in [6, 6.07) is 18.4. The Hall–Kier alpha value is -4.53. The molecule has 0 saturated heterocycles. The average molecular weight is 562 g/mol. The van der Waals surface area contributed by atoms with E-state index in [2.05, 4.69) is 10.6 Å². The van der Waals surface area contributed by atoms with E-state index < -0.39 is 35.6 Å². The maximum absolute atomic E-state index is 14.2. The summed E-state index contributed by atoms with van der Waals surface area (Å²) in [5, 5.41) is 26.2. The number of nitrogens with one attached hydrogen (secondary N) is 2. The van der Waals surface area contributed by atoms with Gasteiger partial charge in [0.05, 0.1) is 0 Å². The van der Waals surface area contributed by atoms with Crippen molar-refractivity contribution in [2.24, 2.45) is 0 Å². The number of amides is 3. The van der Waals surface area contributed by atoms with E-state index in [0.717, 1.165) is 5.56 Å². The van der Waals surface area contributed by atoms with Crippen LogP contribution in [0.25, 0.3) is 0 Å². The number of carbonyl (C=O) groups is 3. The van der Waals surface area contributed by atoms with Crippen LogP contribution in [0.1, 0.15) is 56.0 Å². The van der Waals surface area contributed by atoms with Crippen LogP contribution in [0.15, 0.2) is 72.8 Å². The molecule has 3 aromatic carbocycles. The first-order valence-corrected chi connectivity index (χ1v) is 13.6. The van der Waals surface area contributed by atoms with Gasteiger partial charge >= 0.3 is 6.09 Å². The van der Waals surface area contributed by atoms with Crippen LogP contribution in [0, 0.1) is 6.92 Å². The molecule has 2 atom stereocenters. The van der Waals surface area contributed by atoms with Gasteiger partial charge in [0.2, 0.25) is 11.8 Å². The molecular formula is C32H39N3O6. The van der Waals surface area contributed by atoms with E-state index in [4.69, 9.17) is 4.74 Å². The zero-order valence-electron chi connectivity index (χ0n) is 24.2. The lowest BCUT2D eigenvalue weighted by Crippen LogP contribution is -2.53. The summed E-state index contributed by atoms with van der Waals surface area (Å²) < 4.78 is 5.42. The van der Waals surface area contributed by atoms with Gasteiger partial charge in [-0.1, -0.05) is 60.7 Å². The normalized spacial score (nSPS) is 12.6. The molecular weight excluding hydrogens is 522 g/mol. The van der Waals surface area contributed by atoms with E-state index in [1.54, 1.807) is 65.0 Å². The standard InChI is InChI=1S/C32H39N3O6/c1-6-35(30(39)26(34-31(40)41-32(3,4)5)19-22-15-17-24(36)18-16-22)27(25-14-10-11-21(2)28(25)37)29(38)33-20-23-12-8-7-9-13-23/h7-18,26-27,36-37H,6,19-20H2,1-5H3,(H,33,38)(H,34,40). The van der Waals surface area contributed by atoms with Crippen LogP contribution >= 0.6 is 0 Å². The van der Waals surface area contributed by atoms with E-state index in [-0.39, 0.29) is 36.6 Å². The number of alkyl carbamates (subject to hydrolysis) is 1. The number of likely N-dealkylation sites (N-methyl/N-ethyl adjacent to an activating group) is 1. The first-order chi connectivity index (χ1) is 19.4. The third-order valence-electron chi connectivity index (χ3n) is 6.42. The van der Waals surface area contributed by atoms with E-state index in [1.165, 1.54) is 17.0 Å². The molecule has 3 amide bonds. The molecule has 4 N–H and O–H groups in total. The fourth-order valence-electron chi connectivity index (χ4n) is 4.42. The van der Waals surface area contributed by atoms with Gasteiger partial charge in [-0.3, -0.25) is 9.59 Å². The molecule has 0 saturated carbocycles. The van der Waals surface area contributed by atoms with Gasteiger partial charge in [-0.25, -0.2) is 4.79 Å². The number of ether oxygens (including phenoxy) is 1. The molecule has 41 heavy (non-hydrogen) atoms. The molecule has 3 aromatic rings. The van der Waals surface area contributed by atoms with Crippen molar-refractivity contribution in [1.82, 2.24) is 15.5 Å². The minimum absolute atomic E-state index is 0.0667. The fraction of sp³-hybridized carbons (Fsp3) is 0.344. The smallest absolute Gasteiger partial charge is 0.408 e. The van der Waals surface area contributed by atoms with Crippen molar-refractivity contribution in [2.45, 2.75) is 65.3 Å². The largest absolute Gasteiger partial charge is 0.508 e. The summed E-state index contributed by atoms with van der Waals surface area (Å²) in [5.74, 6) is -1.04. The summed E-state index contributed by atoms with van der Waals surface area (Å²) in [7, 11) is 0. The summed E-state index contributed by atoms with van der Waals surface area (Å²) in [4.78, 5) is 42.1. The van der Waals surface area contributed by atoms with Gasteiger partial charge in [0.1, 0.15) is 29.2 Å². The zero-order valence-corrected chi connectivity index (χ0v) is 24.2. The van der Waals surface area contributed by atoms with Crippen molar-refractivity contribution in [1.29, 1.82) is 0 Å². The van der Waals surface area contributed by atoms with Crippen LogP contribution in [0.5, 0.6) is 11.5 Å². The van der Waals surface area contributed by atoms with Crippen molar-refractivity contribution in [3.05, 3.63) is 95.1 Å². The zero-order chi connectivity index (χ0) is 30.2. The molecule has 218 valence electrons. The van der Waals surface area contributed by atoms with Crippen LogP contribution in [-0.4, -0.2) is 51.2 Å². The SMILES string of the molecule is CCN(C(=O)C(Cc1ccc(O)cc1)NC(=O)OC(C)(C)C)C(C(=O)NCc1ccccc1)c1cccc(C)c1O. The molecule has 2 unspecified atom stereocenters. The monoisotopic (exact) mass is 561 g/mol. The highest BCUT2D eigenvalue weighted by Gasteiger charge is 2.37. The molecule has 0 aliphatic carbocycles. The lowest BCUT2D eigenvalue weighted by atomic mass is 9.98. The Labute approximate surface area is 241 Å². The topological polar surface area (TPSA) is 128 Å². The Morgan fingerprint density at radius 3 is 2.17 bits per heavy atom. The van der Waals surface area contributed by atoms with Gasteiger partial charge in [-0.2, -0.15) is 0 Å². The quantitative estimate of drug-likeness (QED) is 0.283. The molecule has 0 aliphatic heterocycles. The maximum atomic E-state index is 14.2. The number of nitrogens with zero attached hydrogens (tertiary/aromatic N) is 1. The van der Waals surface area contributed by atoms with Crippen LogP contribution < -0.4 is 10.6 Å². The predicted molar refractivity (Wildman–Crippen MR) is 156 cm³/mol. The van der Waals surface area contributed by atoms with E-state index in [9.17, 15) is 24.6 Å². The first-order valence-electron chi connectivity index (χ1n) is 13.6. The Morgan fingerprint density at radius 1 is 0.902 bits per heavy atom. The second-order valence-corrected chi connectivity index (χ2v) is 10.8. The van der Waals surface area contributed by atoms with E-state index in [1.807, 2.05) is 30.3 Å². The molecule has 0 radical (unpaired) electrons. The Morgan fingerprint density at radius 2 is 1.56 bits per heavy atom. The number of aromatic hydroxyl groups is 2. The predicted octanol–water partition coefficient (Wildman–Crippen LogP) is 4.75. The number of aryl methyl sites for hydroxylation is 1. The fourth-order valence-corrected chi connectivity index (χ4v) is 4.42.